The summed E-state index contributed by atoms with van der Waals surface area (Å²) in [5.41, 5.74) is 0. The molecule has 0 aliphatic rings. The van der Waals surface area contributed by atoms with Gasteiger partial charge in [0.05, 0.1) is 0 Å². The van der Waals surface area contributed by atoms with Crippen molar-refractivity contribution in [1.29, 1.82) is 0 Å². The lowest BCUT2D eigenvalue weighted by Gasteiger charge is -2.16. The molecule has 218 valence electrons. The fourth-order valence-corrected chi connectivity index (χ4v) is 4.00. The Morgan fingerprint density at radius 3 is 1.21 bits per heavy atom. The number of carbonyl (C=O) groups excluding carboxylic acids is 3. The third-order valence-corrected chi connectivity index (χ3v) is 6.26. The average molecular weight is 543 g/mol. The molecule has 38 heavy (non-hydrogen) atoms. The van der Waals surface area contributed by atoms with Gasteiger partial charge in [0.1, 0.15) is 17.9 Å². The fraction of sp³-hybridized carbons (Fsp3) is 0.778. The Morgan fingerprint density at radius 1 is 0.500 bits per heavy atom. The Morgan fingerprint density at radius 2 is 0.842 bits per heavy atom. The van der Waals surface area contributed by atoms with E-state index in [9.17, 15) is 33.9 Å². The summed E-state index contributed by atoms with van der Waals surface area (Å²) < 4.78 is 0. The van der Waals surface area contributed by atoms with Gasteiger partial charge in [-0.15, -0.1) is 0 Å². The third-order valence-electron chi connectivity index (χ3n) is 6.26. The summed E-state index contributed by atoms with van der Waals surface area (Å²) in [6.07, 6.45) is 12.1. The van der Waals surface area contributed by atoms with Crippen molar-refractivity contribution >= 4 is 35.5 Å². The van der Waals surface area contributed by atoms with E-state index < -0.39 is 41.8 Å². The number of rotatable bonds is 25. The highest BCUT2D eigenvalue weighted by molar-refractivity contribution is 5.86. The first-order valence-corrected chi connectivity index (χ1v) is 13.8. The van der Waals surface area contributed by atoms with E-state index in [-0.39, 0.29) is 44.3 Å². The smallest absolute Gasteiger partial charge is 0.326 e. The molecule has 0 aromatic heterocycles. The van der Waals surface area contributed by atoms with E-state index in [0.717, 1.165) is 57.8 Å². The van der Waals surface area contributed by atoms with Crippen molar-refractivity contribution in [3.63, 3.8) is 0 Å². The average Bonchev–Trinajstić information content (AvgIpc) is 2.83. The van der Waals surface area contributed by atoms with Crippen LogP contribution in [0.5, 0.6) is 0 Å². The first-order valence-electron chi connectivity index (χ1n) is 13.8. The molecular weight excluding hydrogens is 496 g/mol. The van der Waals surface area contributed by atoms with Crippen LogP contribution in [0.1, 0.15) is 122 Å². The van der Waals surface area contributed by atoms with Gasteiger partial charge in [0, 0.05) is 25.7 Å². The zero-order chi connectivity index (χ0) is 28.8. The molecule has 0 heterocycles. The molecule has 0 aromatic rings. The number of Topliss-reactive ketones (excluding diaryl/α,β-unsaturated/α-hetero) is 1. The minimum Gasteiger partial charge on any atom is -0.481 e. The van der Waals surface area contributed by atoms with Crippen molar-refractivity contribution < 1.29 is 44.1 Å². The van der Waals surface area contributed by atoms with Crippen LogP contribution < -0.4 is 10.6 Å². The van der Waals surface area contributed by atoms with Crippen LogP contribution in [-0.2, 0) is 28.8 Å². The monoisotopic (exact) mass is 542 g/mol. The summed E-state index contributed by atoms with van der Waals surface area (Å²) in [6, 6.07) is -2.47. The zero-order valence-corrected chi connectivity index (χ0v) is 22.7. The van der Waals surface area contributed by atoms with Crippen molar-refractivity contribution in [3.8, 4) is 0 Å². The first kappa shape index (κ1) is 35.0. The summed E-state index contributed by atoms with van der Waals surface area (Å²) in [7, 11) is 0. The number of nitrogens with one attached hydrogen (secondary N) is 2. The van der Waals surface area contributed by atoms with Gasteiger partial charge in [-0.3, -0.25) is 14.4 Å². The summed E-state index contributed by atoms with van der Waals surface area (Å²) in [6.45, 7) is 1.32. The molecule has 11 heteroatoms. The van der Waals surface area contributed by atoms with E-state index >= 15 is 0 Å². The SMILES string of the molecule is CC(=O)CC[C@H](NC(=O)CC[C@H](NC(=O)CCCCCCCCCCCCCCC(=O)O)C(=O)O)C(=O)O. The van der Waals surface area contributed by atoms with Crippen LogP contribution in [0.15, 0.2) is 0 Å². The summed E-state index contributed by atoms with van der Waals surface area (Å²) in [5, 5.41) is 31.8. The molecular formula is C27H46N2O9. The molecule has 0 bridgehead atoms. The topological polar surface area (TPSA) is 187 Å². The van der Waals surface area contributed by atoms with E-state index in [2.05, 4.69) is 10.6 Å². The van der Waals surface area contributed by atoms with Gasteiger partial charge in [-0.25, -0.2) is 9.59 Å². The van der Waals surface area contributed by atoms with Crippen LogP contribution in [0.4, 0.5) is 0 Å². The van der Waals surface area contributed by atoms with Crippen LogP contribution in [0.3, 0.4) is 0 Å². The molecule has 0 rings (SSSR count). The summed E-state index contributed by atoms with van der Waals surface area (Å²) in [5.74, 6) is -4.52. The number of carboxylic acid groups (broad SMARTS) is 3. The minimum atomic E-state index is -1.27. The first-order chi connectivity index (χ1) is 18.0. The molecule has 5 N–H and O–H groups in total. The van der Waals surface area contributed by atoms with Gasteiger partial charge >= 0.3 is 17.9 Å². The van der Waals surface area contributed by atoms with Crippen LogP contribution in [-0.4, -0.2) is 62.9 Å². The van der Waals surface area contributed by atoms with Crippen molar-refractivity contribution in [1.82, 2.24) is 10.6 Å². The van der Waals surface area contributed by atoms with Crippen LogP contribution in [0.2, 0.25) is 0 Å². The van der Waals surface area contributed by atoms with Crippen molar-refractivity contribution in [2.45, 2.75) is 135 Å². The predicted octanol–water partition coefficient (Wildman–Crippen LogP) is 3.82. The highest BCUT2D eigenvalue weighted by atomic mass is 16.4. The molecule has 0 aromatic carbocycles. The number of hydrogen-bond donors (Lipinski definition) is 5. The molecule has 0 aliphatic heterocycles. The standard InChI is InChI=1S/C27H46N2O9/c1-20(30)16-17-21(26(35)36)29-24(32)19-18-22(27(37)38)28-23(31)14-12-10-8-6-4-2-3-5-7-9-11-13-15-25(33)34/h21-22H,2-19H2,1H3,(H,28,31)(H,29,32)(H,33,34)(H,35,36)(H,37,38)/t21-,22-/m0/s1. The molecule has 2 atom stereocenters. The molecule has 0 unspecified atom stereocenters. The van der Waals surface area contributed by atoms with Gasteiger partial charge in [-0.1, -0.05) is 64.2 Å². The van der Waals surface area contributed by atoms with E-state index in [0.29, 0.717) is 6.42 Å². The highest BCUT2D eigenvalue weighted by Gasteiger charge is 2.24. The van der Waals surface area contributed by atoms with E-state index in [4.69, 9.17) is 10.2 Å². The lowest BCUT2D eigenvalue weighted by Crippen LogP contribution is -2.44. The number of carboxylic acids is 3. The second-order valence-electron chi connectivity index (χ2n) is 9.83. The van der Waals surface area contributed by atoms with Crippen LogP contribution >= 0.6 is 0 Å². The quantitative estimate of drug-likeness (QED) is 0.107. The normalized spacial score (nSPS) is 12.3. The number of amides is 2. The summed E-state index contributed by atoms with van der Waals surface area (Å²) in [4.78, 5) is 68.4. The van der Waals surface area contributed by atoms with Crippen LogP contribution in [0.25, 0.3) is 0 Å². The lowest BCUT2D eigenvalue weighted by molar-refractivity contribution is -0.143. The molecule has 0 saturated carbocycles. The Labute approximate surface area is 225 Å². The maximum atomic E-state index is 12.1. The predicted molar refractivity (Wildman–Crippen MR) is 141 cm³/mol. The van der Waals surface area contributed by atoms with Gasteiger partial charge in [0.25, 0.3) is 0 Å². The number of hydrogen-bond acceptors (Lipinski definition) is 6. The Balaban J connectivity index is 3.95. The van der Waals surface area contributed by atoms with E-state index in [1.54, 1.807) is 0 Å². The number of aliphatic carboxylic acids is 3. The molecule has 2 amide bonds. The second-order valence-corrected chi connectivity index (χ2v) is 9.83. The van der Waals surface area contributed by atoms with Gasteiger partial charge in [0.2, 0.25) is 11.8 Å². The minimum absolute atomic E-state index is 0.00384. The zero-order valence-electron chi connectivity index (χ0n) is 22.7. The largest absolute Gasteiger partial charge is 0.481 e. The molecule has 0 radical (unpaired) electrons. The van der Waals surface area contributed by atoms with E-state index in [1.165, 1.54) is 19.8 Å². The van der Waals surface area contributed by atoms with Gasteiger partial charge < -0.3 is 30.7 Å². The third kappa shape index (κ3) is 21.1. The maximum Gasteiger partial charge on any atom is 0.326 e. The fourth-order valence-electron chi connectivity index (χ4n) is 4.00. The Kier molecular flexibility index (Phi) is 20.3. The molecule has 0 aliphatic carbocycles. The van der Waals surface area contributed by atoms with Gasteiger partial charge in [-0.05, 0) is 32.6 Å². The Hall–Kier alpha value is -2.98. The molecule has 11 nitrogen and oxygen atoms in total. The van der Waals surface area contributed by atoms with Gasteiger partial charge in [0.15, 0.2) is 0 Å². The Bertz CT molecular complexity index is 755. The maximum absolute atomic E-state index is 12.1. The van der Waals surface area contributed by atoms with Crippen molar-refractivity contribution in [2.75, 3.05) is 0 Å². The molecule has 0 saturated heterocycles. The van der Waals surface area contributed by atoms with Gasteiger partial charge in [-0.2, -0.15) is 0 Å². The second kappa shape index (κ2) is 22.0. The lowest BCUT2D eigenvalue weighted by atomic mass is 10.0. The van der Waals surface area contributed by atoms with Crippen LogP contribution in [0, 0.1) is 0 Å². The number of unbranched alkanes of at least 4 members (excludes halogenated alkanes) is 11. The molecule has 0 fully saturated rings. The number of carbonyl (C=O) groups is 6. The summed E-state index contributed by atoms with van der Waals surface area (Å²) >= 11 is 0. The van der Waals surface area contributed by atoms with Crippen molar-refractivity contribution in [3.05, 3.63) is 0 Å². The van der Waals surface area contributed by atoms with E-state index in [1.807, 2.05) is 0 Å². The number of ketones is 1. The van der Waals surface area contributed by atoms with Crippen molar-refractivity contribution in [2.24, 2.45) is 0 Å². The molecule has 0 spiro atoms. The highest BCUT2D eigenvalue weighted by Crippen LogP contribution is 2.13.